The minimum absolute atomic E-state index is 0.0374. The summed E-state index contributed by atoms with van der Waals surface area (Å²) in [6.45, 7) is 0.647. The molecule has 1 spiro atoms. The Bertz CT molecular complexity index is 474. The fourth-order valence-electron chi connectivity index (χ4n) is 3.98. The van der Waals surface area contributed by atoms with Gasteiger partial charge in [-0.2, -0.15) is 0 Å². The van der Waals surface area contributed by atoms with Crippen LogP contribution in [0.25, 0.3) is 0 Å². The van der Waals surface area contributed by atoms with Crippen molar-refractivity contribution < 1.29 is 13.5 Å². The standard InChI is InChI=1S/C17H23F2NO/c18-13-5-4-6-14(19)15(13)16(20)12-7-10-21-17(11-12)8-2-1-3-9-17/h4-6,12,16H,1-3,7-11,20H2. The number of ether oxygens (including phenoxy) is 1. The lowest BCUT2D eigenvalue weighted by Crippen LogP contribution is -2.44. The van der Waals surface area contributed by atoms with E-state index >= 15 is 0 Å². The van der Waals surface area contributed by atoms with E-state index in [2.05, 4.69) is 0 Å². The van der Waals surface area contributed by atoms with Crippen molar-refractivity contribution in [2.75, 3.05) is 6.61 Å². The fraction of sp³-hybridized carbons (Fsp3) is 0.647. The monoisotopic (exact) mass is 295 g/mol. The molecule has 4 heteroatoms. The highest BCUT2D eigenvalue weighted by molar-refractivity contribution is 5.24. The largest absolute Gasteiger partial charge is 0.375 e. The Morgan fingerprint density at radius 1 is 1.14 bits per heavy atom. The van der Waals surface area contributed by atoms with Crippen LogP contribution in [0.3, 0.4) is 0 Å². The summed E-state index contributed by atoms with van der Waals surface area (Å²) in [6, 6.07) is 3.36. The maximum Gasteiger partial charge on any atom is 0.130 e. The van der Waals surface area contributed by atoms with Gasteiger partial charge in [0.25, 0.3) is 0 Å². The summed E-state index contributed by atoms with van der Waals surface area (Å²) in [4.78, 5) is 0. The lowest BCUT2D eigenvalue weighted by Gasteiger charge is -2.45. The Balaban J connectivity index is 1.79. The molecule has 21 heavy (non-hydrogen) atoms. The van der Waals surface area contributed by atoms with Crippen LogP contribution in [-0.2, 0) is 4.74 Å². The molecule has 2 nitrogen and oxygen atoms in total. The molecule has 0 aromatic heterocycles. The van der Waals surface area contributed by atoms with Gasteiger partial charge in [0.1, 0.15) is 11.6 Å². The van der Waals surface area contributed by atoms with Gasteiger partial charge in [-0.1, -0.05) is 25.3 Å². The van der Waals surface area contributed by atoms with Crippen LogP contribution in [0.5, 0.6) is 0 Å². The Morgan fingerprint density at radius 3 is 2.48 bits per heavy atom. The third kappa shape index (κ3) is 2.97. The van der Waals surface area contributed by atoms with E-state index in [9.17, 15) is 8.78 Å². The molecule has 1 saturated heterocycles. The maximum atomic E-state index is 13.9. The highest BCUT2D eigenvalue weighted by Gasteiger charge is 2.41. The van der Waals surface area contributed by atoms with E-state index in [4.69, 9.17) is 10.5 Å². The first-order valence-electron chi connectivity index (χ1n) is 7.95. The van der Waals surface area contributed by atoms with Crippen molar-refractivity contribution in [3.8, 4) is 0 Å². The van der Waals surface area contributed by atoms with E-state index < -0.39 is 17.7 Å². The van der Waals surface area contributed by atoms with Crippen LogP contribution < -0.4 is 5.73 Å². The number of hydrogen-bond acceptors (Lipinski definition) is 2. The fourth-order valence-corrected chi connectivity index (χ4v) is 3.98. The lowest BCUT2D eigenvalue weighted by molar-refractivity contribution is -0.120. The van der Waals surface area contributed by atoms with Crippen LogP contribution in [0.15, 0.2) is 18.2 Å². The molecule has 116 valence electrons. The van der Waals surface area contributed by atoms with Crippen molar-refractivity contribution in [1.82, 2.24) is 0 Å². The van der Waals surface area contributed by atoms with Gasteiger partial charge in [0.15, 0.2) is 0 Å². The topological polar surface area (TPSA) is 35.2 Å². The van der Waals surface area contributed by atoms with Crippen LogP contribution in [0, 0.1) is 17.6 Å². The van der Waals surface area contributed by atoms with Crippen molar-refractivity contribution in [3.63, 3.8) is 0 Å². The second-order valence-corrected chi connectivity index (χ2v) is 6.51. The first-order chi connectivity index (χ1) is 10.1. The summed E-state index contributed by atoms with van der Waals surface area (Å²) in [6.07, 6.45) is 7.31. The van der Waals surface area contributed by atoms with Gasteiger partial charge in [-0.15, -0.1) is 0 Å². The highest BCUT2D eigenvalue weighted by atomic mass is 19.1. The Morgan fingerprint density at radius 2 is 1.81 bits per heavy atom. The van der Waals surface area contributed by atoms with Gasteiger partial charge in [-0.3, -0.25) is 0 Å². The van der Waals surface area contributed by atoms with Gasteiger partial charge in [-0.25, -0.2) is 8.78 Å². The van der Waals surface area contributed by atoms with Crippen molar-refractivity contribution in [2.45, 2.75) is 56.6 Å². The summed E-state index contributed by atoms with van der Waals surface area (Å²) in [5.74, 6) is -0.985. The van der Waals surface area contributed by atoms with Crippen LogP contribution in [0.4, 0.5) is 8.78 Å². The third-order valence-corrected chi connectivity index (χ3v) is 5.14. The highest BCUT2D eigenvalue weighted by Crippen LogP contribution is 2.44. The number of halogens is 2. The van der Waals surface area contributed by atoms with E-state index in [0.717, 1.165) is 25.7 Å². The molecule has 2 unspecified atom stereocenters. The SMILES string of the molecule is NC(c1c(F)cccc1F)C1CCOC2(CCCCC2)C1. The molecule has 0 bridgehead atoms. The van der Waals surface area contributed by atoms with Gasteiger partial charge in [0.2, 0.25) is 0 Å². The molecule has 1 aromatic carbocycles. The molecule has 2 fully saturated rings. The van der Waals surface area contributed by atoms with Gasteiger partial charge >= 0.3 is 0 Å². The zero-order valence-corrected chi connectivity index (χ0v) is 12.3. The smallest absolute Gasteiger partial charge is 0.130 e. The van der Waals surface area contributed by atoms with Gasteiger partial charge < -0.3 is 10.5 Å². The summed E-state index contributed by atoms with van der Waals surface area (Å²) in [5, 5.41) is 0. The molecule has 2 atom stereocenters. The molecule has 1 aliphatic heterocycles. The number of nitrogens with two attached hydrogens (primary N) is 1. The average molecular weight is 295 g/mol. The Hall–Kier alpha value is -1.00. The van der Waals surface area contributed by atoms with Crippen molar-refractivity contribution in [3.05, 3.63) is 35.4 Å². The average Bonchev–Trinajstić information content (AvgIpc) is 2.48. The van der Waals surface area contributed by atoms with Gasteiger partial charge in [-0.05, 0) is 43.7 Å². The summed E-state index contributed by atoms with van der Waals surface area (Å²) >= 11 is 0. The molecule has 2 aliphatic rings. The van der Waals surface area contributed by atoms with Gasteiger partial charge in [0, 0.05) is 18.2 Å². The second-order valence-electron chi connectivity index (χ2n) is 6.51. The number of hydrogen-bond donors (Lipinski definition) is 1. The molecule has 1 aromatic rings. The van der Waals surface area contributed by atoms with E-state index in [0.29, 0.717) is 6.61 Å². The van der Waals surface area contributed by atoms with Crippen LogP contribution in [-0.4, -0.2) is 12.2 Å². The van der Waals surface area contributed by atoms with E-state index in [1.165, 1.54) is 37.5 Å². The van der Waals surface area contributed by atoms with Crippen LogP contribution >= 0.6 is 0 Å². The maximum absolute atomic E-state index is 13.9. The van der Waals surface area contributed by atoms with E-state index in [-0.39, 0.29) is 17.1 Å². The van der Waals surface area contributed by atoms with Crippen LogP contribution in [0.1, 0.15) is 56.6 Å². The predicted molar refractivity (Wildman–Crippen MR) is 77.8 cm³/mol. The zero-order valence-electron chi connectivity index (χ0n) is 12.3. The minimum Gasteiger partial charge on any atom is -0.375 e. The molecule has 0 amide bonds. The first kappa shape index (κ1) is 14.9. The molecule has 1 aliphatic carbocycles. The Labute approximate surface area is 124 Å². The zero-order chi connectivity index (χ0) is 14.9. The normalized spacial score (nSPS) is 26.7. The molecular weight excluding hydrogens is 272 g/mol. The molecule has 3 rings (SSSR count). The molecule has 2 N–H and O–H groups in total. The van der Waals surface area contributed by atoms with Crippen LogP contribution in [0.2, 0.25) is 0 Å². The minimum atomic E-state index is -0.589. The summed E-state index contributed by atoms with van der Waals surface area (Å²) < 4.78 is 33.9. The predicted octanol–water partition coefficient (Wildman–Crippen LogP) is 4.09. The summed E-state index contributed by atoms with van der Waals surface area (Å²) in [7, 11) is 0. The number of rotatable bonds is 2. The van der Waals surface area contributed by atoms with Gasteiger partial charge in [0.05, 0.1) is 5.60 Å². The van der Waals surface area contributed by atoms with E-state index in [1.54, 1.807) is 0 Å². The molecular formula is C17H23F2NO. The lowest BCUT2D eigenvalue weighted by atomic mass is 9.73. The van der Waals surface area contributed by atoms with E-state index in [1.807, 2.05) is 0 Å². The molecule has 0 radical (unpaired) electrons. The molecule has 1 heterocycles. The van der Waals surface area contributed by atoms with Crippen molar-refractivity contribution in [1.29, 1.82) is 0 Å². The quantitative estimate of drug-likeness (QED) is 0.891. The number of benzene rings is 1. The summed E-state index contributed by atoms with van der Waals surface area (Å²) in [5.41, 5.74) is 6.17. The second kappa shape index (κ2) is 6.01. The third-order valence-electron chi connectivity index (χ3n) is 5.14. The molecule has 1 saturated carbocycles. The van der Waals surface area contributed by atoms with Crippen molar-refractivity contribution in [2.24, 2.45) is 11.7 Å². The Kier molecular flexibility index (Phi) is 4.27. The van der Waals surface area contributed by atoms with Crippen molar-refractivity contribution >= 4 is 0 Å². The first-order valence-corrected chi connectivity index (χ1v) is 7.95.